The number of nitrogens with zero attached hydrogens (tertiary/aromatic N) is 3. The van der Waals surface area contributed by atoms with Crippen molar-refractivity contribution in [1.82, 2.24) is 9.97 Å². The number of carbonyl (C=O) groups excluding carboxylic acids is 1. The molecule has 0 aliphatic rings. The van der Waals surface area contributed by atoms with Gasteiger partial charge in [0.1, 0.15) is 11.4 Å². The first-order valence-corrected chi connectivity index (χ1v) is 13.1. The van der Waals surface area contributed by atoms with Crippen LogP contribution in [0.4, 0.5) is 10.6 Å². The summed E-state index contributed by atoms with van der Waals surface area (Å²) in [5, 5.41) is 4.70. The van der Waals surface area contributed by atoms with E-state index in [0.29, 0.717) is 12.2 Å². The molecule has 1 amide bonds. The second-order valence-corrected chi connectivity index (χ2v) is 10.7. The van der Waals surface area contributed by atoms with E-state index in [9.17, 15) is 4.79 Å². The number of rotatable bonds is 6. The Hall–Kier alpha value is -3.96. The number of ether oxygens (including phenoxy) is 1. The summed E-state index contributed by atoms with van der Waals surface area (Å²) in [4.78, 5) is 23.9. The van der Waals surface area contributed by atoms with Gasteiger partial charge in [-0.05, 0) is 77.9 Å². The van der Waals surface area contributed by atoms with Crippen LogP contribution in [0.1, 0.15) is 37.6 Å². The van der Waals surface area contributed by atoms with E-state index in [4.69, 9.17) is 16.3 Å². The molecule has 1 heterocycles. The van der Waals surface area contributed by atoms with Crippen LogP contribution in [0.3, 0.4) is 0 Å². The summed E-state index contributed by atoms with van der Waals surface area (Å²) < 4.78 is 5.78. The molecule has 6 heteroatoms. The third kappa shape index (κ3) is 5.95. The fourth-order valence-electron chi connectivity index (χ4n) is 4.65. The maximum Gasteiger partial charge on any atom is 0.416 e. The van der Waals surface area contributed by atoms with E-state index in [0.717, 1.165) is 28.5 Å². The molecule has 38 heavy (non-hydrogen) atoms. The van der Waals surface area contributed by atoms with Crippen molar-refractivity contribution in [1.29, 1.82) is 0 Å². The first-order chi connectivity index (χ1) is 18.3. The average Bonchev–Trinajstić information content (AvgIpc) is 2.89. The van der Waals surface area contributed by atoms with Gasteiger partial charge in [0.2, 0.25) is 5.28 Å². The molecule has 0 saturated heterocycles. The number of aryl methyl sites for hydroxylation is 2. The van der Waals surface area contributed by atoms with E-state index < -0.39 is 11.7 Å². The first kappa shape index (κ1) is 25.7. The SMILES string of the molecule is CC(C)(C)OC(=O)N(Cc1cccc2ccccc12)c1cc(CCc2cccc3ccccc23)nc(Cl)n1. The van der Waals surface area contributed by atoms with Crippen molar-refractivity contribution in [2.45, 2.75) is 45.8 Å². The van der Waals surface area contributed by atoms with E-state index in [1.54, 1.807) is 4.90 Å². The Bertz CT molecular complexity index is 1600. The molecule has 0 saturated carbocycles. The van der Waals surface area contributed by atoms with E-state index in [2.05, 4.69) is 64.6 Å². The van der Waals surface area contributed by atoms with Gasteiger partial charge in [-0.25, -0.2) is 14.8 Å². The predicted octanol–water partition coefficient (Wildman–Crippen LogP) is 8.16. The van der Waals surface area contributed by atoms with Crippen molar-refractivity contribution in [2.24, 2.45) is 0 Å². The number of fused-ring (bicyclic) bond motifs is 2. The standard InChI is InChI=1S/C32H30ClN3O2/c1-32(2,3)38-31(37)36(21-25-15-9-13-23-11-5-7-17-28(23)25)29-20-26(34-30(33)35-29)19-18-24-14-8-12-22-10-4-6-16-27(22)24/h4-17,20H,18-19,21H2,1-3H3. The van der Waals surface area contributed by atoms with Crippen LogP contribution < -0.4 is 4.90 Å². The van der Waals surface area contributed by atoms with Gasteiger partial charge in [0.05, 0.1) is 6.54 Å². The monoisotopic (exact) mass is 523 g/mol. The number of halogens is 1. The van der Waals surface area contributed by atoms with Gasteiger partial charge >= 0.3 is 6.09 Å². The fourth-order valence-corrected chi connectivity index (χ4v) is 4.84. The molecule has 0 atom stereocenters. The molecule has 0 bridgehead atoms. The van der Waals surface area contributed by atoms with Crippen LogP contribution in [-0.4, -0.2) is 21.7 Å². The molecule has 0 unspecified atom stereocenters. The zero-order valence-corrected chi connectivity index (χ0v) is 22.6. The molecular weight excluding hydrogens is 494 g/mol. The normalized spacial score (nSPS) is 11.6. The Labute approximate surface area is 228 Å². The summed E-state index contributed by atoms with van der Waals surface area (Å²) in [6.07, 6.45) is 0.948. The van der Waals surface area contributed by atoms with Crippen molar-refractivity contribution in [3.63, 3.8) is 0 Å². The van der Waals surface area contributed by atoms with Crippen LogP contribution >= 0.6 is 11.6 Å². The molecule has 0 aliphatic carbocycles. The van der Waals surface area contributed by atoms with Crippen molar-refractivity contribution in [3.8, 4) is 0 Å². The van der Waals surface area contributed by atoms with E-state index in [1.807, 2.05) is 57.2 Å². The first-order valence-electron chi connectivity index (χ1n) is 12.7. The summed E-state index contributed by atoms with van der Waals surface area (Å²) in [5.74, 6) is 0.417. The number of amides is 1. The Kier molecular flexibility index (Phi) is 7.30. The topological polar surface area (TPSA) is 55.3 Å². The van der Waals surface area contributed by atoms with Gasteiger partial charge in [-0.2, -0.15) is 0 Å². The van der Waals surface area contributed by atoms with E-state index in [-0.39, 0.29) is 11.8 Å². The van der Waals surface area contributed by atoms with Gasteiger partial charge in [-0.15, -0.1) is 0 Å². The molecule has 0 radical (unpaired) electrons. The molecule has 0 aliphatic heterocycles. The molecule has 4 aromatic carbocycles. The minimum atomic E-state index is -0.665. The van der Waals surface area contributed by atoms with Gasteiger partial charge in [-0.3, -0.25) is 4.90 Å². The highest BCUT2D eigenvalue weighted by molar-refractivity contribution is 6.28. The summed E-state index contributed by atoms with van der Waals surface area (Å²) in [5.41, 5.74) is 2.32. The molecule has 0 spiro atoms. The highest BCUT2D eigenvalue weighted by Crippen LogP contribution is 2.26. The molecule has 5 nitrogen and oxygen atoms in total. The van der Waals surface area contributed by atoms with Crippen LogP contribution in [0.2, 0.25) is 5.28 Å². The Balaban J connectivity index is 1.48. The number of benzene rings is 4. The molecule has 5 aromatic rings. The maximum absolute atomic E-state index is 13.4. The van der Waals surface area contributed by atoms with Crippen molar-refractivity contribution >= 4 is 45.1 Å². The predicted molar refractivity (Wildman–Crippen MR) is 155 cm³/mol. The van der Waals surface area contributed by atoms with Gasteiger partial charge in [0.15, 0.2) is 0 Å². The largest absolute Gasteiger partial charge is 0.443 e. The van der Waals surface area contributed by atoms with E-state index in [1.165, 1.54) is 16.3 Å². The van der Waals surface area contributed by atoms with Crippen LogP contribution in [0, 0.1) is 0 Å². The van der Waals surface area contributed by atoms with Gasteiger partial charge < -0.3 is 4.74 Å². The third-order valence-corrected chi connectivity index (χ3v) is 6.54. The highest BCUT2D eigenvalue weighted by Gasteiger charge is 2.26. The highest BCUT2D eigenvalue weighted by atomic mass is 35.5. The second-order valence-electron chi connectivity index (χ2n) is 10.3. The minimum absolute atomic E-state index is 0.0990. The molecule has 1 aromatic heterocycles. The summed E-state index contributed by atoms with van der Waals surface area (Å²) in [7, 11) is 0. The fraction of sp³-hybridized carbons (Fsp3) is 0.219. The van der Waals surface area contributed by atoms with Gasteiger partial charge in [0, 0.05) is 11.8 Å². The molecule has 5 rings (SSSR count). The summed E-state index contributed by atoms with van der Waals surface area (Å²) >= 11 is 6.41. The zero-order valence-electron chi connectivity index (χ0n) is 21.8. The number of hydrogen-bond acceptors (Lipinski definition) is 4. The molecule has 0 fully saturated rings. The van der Waals surface area contributed by atoms with Gasteiger partial charge in [0.25, 0.3) is 0 Å². The smallest absolute Gasteiger partial charge is 0.416 e. The lowest BCUT2D eigenvalue weighted by Crippen LogP contribution is -2.37. The van der Waals surface area contributed by atoms with Crippen LogP contribution in [0.5, 0.6) is 0 Å². The van der Waals surface area contributed by atoms with Crippen LogP contribution in [0.25, 0.3) is 21.5 Å². The van der Waals surface area contributed by atoms with Crippen molar-refractivity contribution < 1.29 is 9.53 Å². The summed E-state index contributed by atoms with van der Waals surface area (Å²) in [6.45, 7) is 5.84. The quantitative estimate of drug-likeness (QED) is 0.211. The minimum Gasteiger partial charge on any atom is -0.443 e. The zero-order chi connectivity index (χ0) is 26.7. The van der Waals surface area contributed by atoms with Crippen molar-refractivity contribution in [2.75, 3.05) is 4.90 Å². The second kappa shape index (κ2) is 10.8. The lowest BCUT2D eigenvalue weighted by atomic mass is 10.00. The Morgan fingerprint density at radius 1 is 0.789 bits per heavy atom. The molecular formula is C32H30ClN3O2. The summed E-state index contributed by atoms with van der Waals surface area (Å²) in [6, 6.07) is 30.7. The number of hydrogen-bond donors (Lipinski definition) is 0. The molecule has 0 N–H and O–H groups in total. The lowest BCUT2D eigenvalue weighted by molar-refractivity contribution is 0.0576. The molecule has 192 valence electrons. The number of carbonyl (C=O) groups is 1. The van der Waals surface area contributed by atoms with Crippen LogP contribution in [0.15, 0.2) is 91.0 Å². The number of anilines is 1. The third-order valence-electron chi connectivity index (χ3n) is 6.37. The number of aromatic nitrogens is 2. The Morgan fingerprint density at radius 2 is 1.37 bits per heavy atom. The maximum atomic E-state index is 13.4. The van der Waals surface area contributed by atoms with E-state index >= 15 is 0 Å². The average molecular weight is 524 g/mol. The van der Waals surface area contributed by atoms with Crippen molar-refractivity contribution in [3.05, 3.63) is 113 Å². The lowest BCUT2D eigenvalue weighted by Gasteiger charge is -2.27. The van der Waals surface area contributed by atoms with Crippen LogP contribution in [-0.2, 0) is 24.1 Å². The Morgan fingerprint density at radius 3 is 2.03 bits per heavy atom. The van der Waals surface area contributed by atoms with Gasteiger partial charge in [-0.1, -0.05) is 84.9 Å².